The van der Waals surface area contributed by atoms with E-state index >= 15 is 0 Å². The highest BCUT2D eigenvalue weighted by molar-refractivity contribution is 5.96. The zero-order valence-electron chi connectivity index (χ0n) is 22.3. The van der Waals surface area contributed by atoms with Gasteiger partial charge in [0.05, 0.1) is 42.8 Å². The standard InChI is InChI=1S/C27H29FN6O6/c1-16(2)34-22-7-6-18(12-20(22)25(36)33(27(34)38)9-10-39-3)31-26(37)32-8-11-40-23(15-32)24(35)30-19-5-4-17(14-29)21(28)13-19/h4-7,12-13,16,23H,8-11,15H2,1-3H3,(H,30,35)(H,31,37)/t23-/m1/s1. The Hall–Kier alpha value is -4.54. The van der Waals surface area contributed by atoms with Crippen molar-refractivity contribution in [3.8, 4) is 6.07 Å². The molecular weight excluding hydrogens is 523 g/mol. The van der Waals surface area contributed by atoms with Crippen LogP contribution in [-0.4, -0.2) is 65.5 Å². The van der Waals surface area contributed by atoms with E-state index in [0.717, 1.165) is 10.6 Å². The van der Waals surface area contributed by atoms with Gasteiger partial charge in [-0.05, 0) is 50.2 Å². The molecule has 13 heteroatoms. The number of nitrogens with zero attached hydrogens (tertiary/aromatic N) is 4. The van der Waals surface area contributed by atoms with Gasteiger partial charge in [-0.2, -0.15) is 5.26 Å². The predicted molar refractivity (Wildman–Crippen MR) is 145 cm³/mol. The number of nitriles is 1. The summed E-state index contributed by atoms with van der Waals surface area (Å²) in [4.78, 5) is 53.3. The van der Waals surface area contributed by atoms with Crippen molar-refractivity contribution in [1.29, 1.82) is 5.26 Å². The lowest BCUT2D eigenvalue weighted by atomic mass is 10.2. The molecule has 2 N–H and O–H groups in total. The second kappa shape index (κ2) is 12.1. The number of aromatic nitrogens is 2. The molecule has 1 aliphatic heterocycles. The number of rotatable bonds is 7. The third kappa shape index (κ3) is 5.88. The highest BCUT2D eigenvalue weighted by Crippen LogP contribution is 2.20. The number of benzene rings is 2. The van der Waals surface area contributed by atoms with E-state index in [9.17, 15) is 23.6 Å². The van der Waals surface area contributed by atoms with Gasteiger partial charge in [0.1, 0.15) is 11.9 Å². The number of urea groups is 1. The largest absolute Gasteiger partial charge is 0.383 e. The van der Waals surface area contributed by atoms with Crippen LogP contribution < -0.4 is 21.9 Å². The van der Waals surface area contributed by atoms with Crippen molar-refractivity contribution in [3.05, 3.63) is 68.6 Å². The smallest absolute Gasteiger partial charge is 0.331 e. The first-order chi connectivity index (χ1) is 19.1. The summed E-state index contributed by atoms with van der Waals surface area (Å²) in [5, 5.41) is 14.4. The molecular formula is C27H29FN6O6. The first-order valence-electron chi connectivity index (χ1n) is 12.6. The van der Waals surface area contributed by atoms with Crippen LogP contribution in [0.4, 0.5) is 20.6 Å². The molecule has 2 heterocycles. The molecule has 210 valence electrons. The lowest BCUT2D eigenvalue weighted by Gasteiger charge is -2.32. The highest BCUT2D eigenvalue weighted by Gasteiger charge is 2.30. The average molecular weight is 553 g/mol. The minimum absolute atomic E-state index is 0.0687. The zero-order chi connectivity index (χ0) is 29.0. The fraction of sp³-hybridized carbons (Fsp3) is 0.370. The zero-order valence-corrected chi connectivity index (χ0v) is 22.3. The summed E-state index contributed by atoms with van der Waals surface area (Å²) in [5.41, 5.74) is -0.153. The van der Waals surface area contributed by atoms with Gasteiger partial charge in [0.2, 0.25) is 0 Å². The van der Waals surface area contributed by atoms with E-state index in [2.05, 4.69) is 10.6 Å². The topological polar surface area (TPSA) is 148 Å². The molecule has 0 aliphatic carbocycles. The number of hydrogen-bond acceptors (Lipinski definition) is 7. The maximum atomic E-state index is 13.9. The predicted octanol–water partition coefficient (Wildman–Crippen LogP) is 2.27. The maximum absolute atomic E-state index is 13.9. The third-order valence-corrected chi connectivity index (χ3v) is 6.46. The summed E-state index contributed by atoms with van der Waals surface area (Å²) in [6, 6.07) is 9.39. The molecule has 1 aliphatic rings. The van der Waals surface area contributed by atoms with Gasteiger partial charge in [-0.15, -0.1) is 0 Å². The molecule has 1 aromatic heterocycles. The molecule has 3 amide bonds. The number of methoxy groups -OCH3 is 1. The minimum atomic E-state index is -1.01. The Morgan fingerprint density at radius 1 is 1.18 bits per heavy atom. The molecule has 12 nitrogen and oxygen atoms in total. The van der Waals surface area contributed by atoms with Crippen LogP contribution in [0.25, 0.3) is 10.9 Å². The Balaban J connectivity index is 1.51. The average Bonchev–Trinajstić information content (AvgIpc) is 2.93. The molecule has 0 radical (unpaired) electrons. The molecule has 0 spiro atoms. The maximum Gasteiger partial charge on any atom is 0.331 e. The van der Waals surface area contributed by atoms with E-state index in [1.54, 1.807) is 18.2 Å². The Labute approximate surface area is 228 Å². The first kappa shape index (κ1) is 28.5. The summed E-state index contributed by atoms with van der Waals surface area (Å²) in [6.45, 7) is 4.18. The Morgan fingerprint density at radius 2 is 1.90 bits per heavy atom. The molecule has 1 saturated heterocycles. The first-order valence-corrected chi connectivity index (χ1v) is 12.6. The number of hydrogen-bond donors (Lipinski definition) is 2. The number of morpholine rings is 1. The van der Waals surface area contributed by atoms with Crippen LogP contribution in [0.15, 0.2) is 46.0 Å². The van der Waals surface area contributed by atoms with Crippen LogP contribution in [-0.2, 0) is 20.8 Å². The molecule has 40 heavy (non-hydrogen) atoms. The summed E-state index contributed by atoms with van der Waals surface area (Å²) in [6.07, 6.45) is -1.01. The van der Waals surface area contributed by atoms with Gasteiger partial charge in [-0.3, -0.25) is 18.7 Å². The van der Waals surface area contributed by atoms with Crippen LogP contribution in [0.3, 0.4) is 0 Å². The van der Waals surface area contributed by atoms with E-state index in [0.29, 0.717) is 11.2 Å². The number of amides is 3. The lowest BCUT2D eigenvalue weighted by Crippen LogP contribution is -2.51. The lowest BCUT2D eigenvalue weighted by molar-refractivity contribution is -0.131. The quantitative estimate of drug-likeness (QED) is 0.457. The van der Waals surface area contributed by atoms with Crippen molar-refractivity contribution < 1.29 is 23.5 Å². The van der Waals surface area contributed by atoms with E-state index in [1.165, 1.54) is 34.8 Å². The number of nitrogens with one attached hydrogen (secondary N) is 2. The second-order valence-corrected chi connectivity index (χ2v) is 9.46. The summed E-state index contributed by atoms with van der Waals surface area (Å²) < 4.78 is 27.1. The van der Waals surface area contributed by atoms with Crippen molar-refractivity contribution in [2.45, 2.75) is 32.5 Å². The molecule has 2 aromatic carbocycles. The van der Waals surface area contributed by atoms with E-state index in [4.69, 9.17) is 14.7 Å². The normalized spacial score (nSPS) is 15.2. The van der Waals surface area contributed by atoms with Crippen LogP contribution in [0.1, 0.15) is 25.5 Å². The Morgan fingerprint density at radius 3 is 2.58 bits per heavy atom. The van der Waals surface area contributed by atoms with Crippen LogP contribution in [0.2, 0.25) is 0 Å². The van der Waals surface area contributed by atoms with Gasteiger partial charge in [0.25, 0.3) is 11.5 Å². The van der Waals surface area contributed by atoms with E-state index < -0.39 is 35.1 Å². The van der Waals surface area contributed by atoms with Gasteiger partial charge in [-0.25, -0.2) is 14.0 Å². The van der Waals surface area contributed by atoms with Crippen molar-refractivity contribution >= 4 is 34.2 Å². The second-order valence-electron chi connectivity index (χ2n) is 9.46. The Bertz CT molecular complexity index is 1610. The molecule has 1 fully saturated rings. The summed E-state index contributed by atoms with van der Waals surface area (Å²) in [7, 11) is 1.48. The Kier molecular flexibility index (Phi) is 8.61. The van der Waals surface area contributed by atoms with Crippen molar-refractivity contribution in [2.24, 2.45) is 0 Å². The fourth-order valence-electron chi connectivity index (χ4n) is 4.44. The van der Waals surface area contributed by atoms with Gasteiger partial charge in [-0.1, -0.05) is 0 Å². The number of ether oxygens (including phenoxy) is 2. The number of carbonyl (C=O) groups is 2. The van der Waals surface area contributed by atoms with Gasteiger partial charge < -0.3 is 25.0 Å². The third-order valence-electron chi connectivity index (χ3n) is 6.46. The number of carbonyl (C=O) groups excluding carboxylic acids is 2. The summed E-state index contributed by atoms with van der Waals surface area (Å²) in [5.74, 6) is -1.34. The molecule has 4 rings (SSSR count). The number of fused-ring (bicyclic) bond motifs is 1. The minimum Gasteiger partial charge on any atom is -0.383 e. The van der Waals surface area contributed by atoms with Crippen LogP contribution >= 0.6 is 0 Å². The van der Waals surface area contributed by atoms with Crippen molar-refractivity contribution in [3.63, 3.8) is 0 Å². The molecule has 1 atom stereocenters. The molecule has 3 aromatic rings. The van der Waals surface area contributed by atoms with E-state index in [1.807, 2.05) is 13.8 Å². The van der Waals surface area contributed by atoms with Gasteiger partial charge in [0, 0.05) is 31.1 Å². The van der Waals surface area contributed by atoms with Gasteiger partial charge in [0.15, 0.2) is 6.10 Å². The number of anilines is 2. The van der Waals surface area contributed by atoms with Crippen LogP contribution in [0.5, 0.6) is 0 Å². The summed E-state index contributed by atoms with van der Waals surface area (Å²) >= 11 is 0. The monoisotopic (exact) mass is 552 g/mol. The van der Waals surface area contributed by atoms with Crippen LogP contribution in [0, 0.1) is 17.1 Å². The molecule has 0 unspecified atom stereocenters. The molecule has 0 bridgehead atoms. The number of halogens is 1. The fourth-order valence-corrected chi connectivity index (χ4v) is 4.44. The van der Waals surface area contributed by atoms with Crippen molar-refractivity contribution in [1.82, 2.24) is 14.0 Å². The highest BCUT2D eigenvalue weighted by atomic mass is 19.1. The van der Waals surface area contributed by atoms with Crippen molar-refractivity contribution in [2.75, 3.05) is 44.0 Å². The van der Waals surface area contributed by atoms with E-state index in [-0.39, 0.29) is 55.5 Å². The van der Waals surface area contributed by atoms with Gasteiger partial charge >= 0.3 is 11.7 Å². The molecule has 0 saturated carbocycles. The SMILES string of the molecule is COCCn1c(=O)c2cc(NC(=O)N3CCO[C@@H](C(=O)Nc4ccc(C#N)c(F)c4)C3)ccc2n(C(C)C)c1=O.